The monoisotopic (exact) mass is 269 g/mol. The van der Waals surface area contributed by atoms with E-state index in [2.05, 4.69) is 24.9 Å². The number of piperidine rings is 1. The van der Waals surface area contributed by atoms with Gasteiger partial charge in [0.1, 0.15) is 12.0 Å². The highest BCUT2D eigenvalue weighted by atomic mass is 15.7. The second-order valence-corrected chi connectivity index (χ2v) is 4.95. The van der Waals surface area contributed by atoms with Crippen molar-refractivity contribution >= 4 is 11.0 Å². The Labute approximate surface area is 115 Å². The molecule has 7 nitrogen and oxygen atoms in total. The van der Waals surface area contributed by atoms with Crippen LogP contribution in [-0.2, 0) is 0 Å². The quantitative estimate of drug-likeness (QED) is 0.759. The molecule has 0 spiro atoms. The molecule has 0 saturated carbocycles. The van der Waals surface area contributed by atoms with E-state index >= 15 is 0 Å². The maximum Gasteiger partial charge on any atom is 0.184 e. The molecular weight excluding hydrogens is 254 g/mol. The zero-order valence-corrected chi connectivity index (χ0v) is 11.0. The topological polar surface area (TPSA) is 75.5 Å². The third-order valence-corrected chi connectivity index (χ3v) is 3.65. The Balaban J connectivity index is 1.89. The number of aromatic amines is 1. The number of imidazole rings is 1. The number of hydrogen-bond donors (Lipinski definition) is 1. The molecule has 1 fully saturated rings. The lowest BCUT2D eigenvalue weighted by Crippen LogP contribution is -2.40. The van der Waals surface area contributed by atoms with Crippen LogP contribution < -0.4 is 5.01 Å². The second-order valence-electron chi connectivity index (χ2n) is 4.95. The van der Waals surface area contributed by atoms with E-state index in [1.165, 1.54) is 19.3 Å². The summed E-state index contributed by atoms with van der Waals surface area (Å²) < 4.78 is 0. The van der Waals surface area contributed by atoms with E-state index in [1.807, 2.05) is 4.79 Å². The summed E-state index contributed by atoms with van der Waals surface area (Å²) in [6.45, 7) is 2.02. The first-order chi connectivity index (χ1) is 9.93. The predicted octanol–water partition coefficient (Wildman–Crippen LogP) is 1.34. The first-order valence-corrected chi connectivity index (χ1v) is 6.87. The van der Waals surface area contributed by atoms with Crippen molar-refractivity contribution in [3.63, 3.8) is 0 Å². The van der Waals surface area contributed by atoms with Crippen LogP contribution in [0, 0.1) is 0 Å². The summed E-state index contributed by atoms with van der Waals surface area (Å²) in [5.74, 6) is 0.751. The Morgan fingerprint density at radius 1 is 1.10 bits per heavy atom. The number of H-pyrrole nitrogens is 1. The second kappa shape index (κ2) is 4.59. The van der Waals surface area contributed by atoms with Crippen LogP contribution in [0.2, 0.25) is 0 Å². The Kier molecular flexibility index (Phi) is 2.61. The lowest BCUT2D eigenvalue weighted by Gasteiger charge is -2.28. The van der Waals surface area contributed by atoms with E-state index in [0.29, 0.717) is 0 Å². The number of nitrogens with one attached hydrogen (secondary N) is 1. The van der Waals surface area contributed by atoms with Gasteiger partial charge in [-0.1, -0.05) is 0 Å². The molecule has 7 heteroatoms. The third kappa shape index (κ3) is 1.74. The van der Waals surface area contributed by atoms with Gasteiger partial charge in [0, 0.05) is 31.7 Å². The van der Waals surface area contributed by atoms with E-state index in [4.69, 9.17) is 5.10 Å². The van der Waals surface area contributed by atoms with Crippen molar-refractivity contribution in [2.45, 2.75) is 19.3 Å². The Bertz CT molecular complexity index is 709. The Morgan fingerprint density at radius 2 is 2.00 bits per heavy atom. The van der Waals surface area contributed by atoms with Crippen molar-refractivity contribution in [2.24, 2.45) is 0 Å². The molecule has 0 unspecified atom stereocenters. The van der Waals surface area contributed by atoms with Crippen molar-refractivity contribution in [3.05, 3.63) is 24.9 Å². The van der Waals surface area contributed by atoms with Crippen molar-refractivity contribution in [1.82, 2.24) is 29.8 Å². The summed E-state index contributed by atoms with van der Waals surface area (Å²) in [7, 11) is 0. The fourth-order valence-electron chi connectivity index (χ4n) is 2.68. The minimum atomic E-state index is 0.751. The molecule has 1 aliphatic heterocycles. The van der Waals surface area contributed by atoms with Crippen LogP contribution in [0.15, 0.2) is 24.9 Å². The molecule has 102 valence electrons. The van der Waals surface area contributed by atoms with Crippen LogP contribution in [0.4, 0.5) is 0 Å². The first kappa shape index (κ1) is 11.4. The number of rotatable bonds is 2. The van der Waals surface area contributed by atoms with Gasteiger partial charge >= 0.3 is 0 Å². The van der Waals surface area contributed by atoms with Crippen LogP contribution in [0.1, 0.15) is 19.3 Å². The number of hydrogen-bond acceptors (Lipinski definition) is 5. The highest BCUT2D eigenvalue weighted by Gasteiger charge is 2.20. The van der Waals surface area contributed by atoms with Gasteiger partial charge in [0.25, 0.3) is 0 Å². The minimum Gasteiger partial charge on any atom is -0.343 e. The molecular formula is C13H15N7. The molecule has 1 aliphatic rings. The van der Waals surface area contributed by atoms with E-state index in [-0.39, 0.29) is 0 Å². The van der Waals surface area contributed by atoms with Crippen molar-refractivity contribution in [1.29, 1.82) is 0 Å². The largest absolute Gasteiger partial charge is 0.343 e. The lowest BCUT2D eigenvalue weighted by molar-refractivity contribution is 0.457. The first-order valence-electron chi connectivity index (χ1n) is 6.87. The molecule has 0 aromatic carbocycles. The van der Waals surface area contributed by atoms with Crippen LogP contribution >= 0.6 is 0 Å². The normalized spacial score (nSPS) is 15.9. The SMILES string of the molecule is c1c[nH]c(-c2nn(N3CCCCC3)c3ncncc23)n1. The van der Waals surface area contributed by atoms with Gasteiger partial charge in [-0.15, -0.1) is 5.10 Å². The summed E-state index contributed by atoms with van der Waals surface area (Å²) in [5.41, 5.74) is 1.64. The van der Waals surface area contributed by atoms with Gasteiger partial charge in [0.2, 0.25) is 0 Å². The van der Waals surface area contributed by atoms with Gasteiger partial charge in [0.05, 0.1) is 5.39 Å². The van der Waals surface area contributed by atoms with E-state index in [9.17, 15) is 0 Å². The standard InChI is InChI=1S/C13H15N7/c1-2-6-19(7-3-1)20-13-10(8-14-9-17-13)11(18-20)12-15-4-5-16-12/h4-5,8-9H,1-3,6-7H2,(H,15,16). The molecule has 0 bridgehead atoms. The summed E-state index contributed by atoms with van der Waals surface area (Å²) >= 11 is 0. The van der Waals surface area contributed by atoms with Gasteiger partial charge in [-0.3, -0.25) is 5.01 Å². The van der Waals surface area contributed by atoms with Crippen LogP contribution in [0.25, 0.3) is 22.6 Å². The highest BCUT2D eigenvalue weighted by molar-refractivity contribution is 5.88. The molecule has 4 rings (SSSR count). The van der Waals surface area contributed by atoms with Crippen LogP contribution in [0.5, 0.6) is 0 Å². The zero-order valence-electron chi connectivity index (χ0n) is 11.0. The zero-order chi connectivity index (χ0) is 13.4. The number of fused-ring (bicyclic) bond motifs is 1. The molecule has 0 radical (unpaired) electrons. The molecule has 0 amide bonds. The third-order valence-electron chi connectivity index (χ3n) is 3.65. The molecule has 1 N–H and O–H groups in total. The van der Waals surface area contributed by atoms with Gasteiger partial charge in [-0.2, -0.15) is 4.79 Å². The van der Waals surface area contributed by atoms with Crippen LogP contribution in [0.3, 0.4) is 0 Å². The molecule has 0 aliphatic carbocycles. The minimum absolute atomic E-state index is 0.751. The maximum absolute atomic E-state index is 4.70. The average molecular weight is 269 g/mol. The summed E-state index contributed by atoms with van der Waals surface area (Å²) in [6.07, 6.45) is 10.6. The fraction of sp³-hybridized carbons (Fsp3) is 0.385. The lowest BCUT2D eigenvalue weighted by atomic mass is 10.2. The predicted molar refractivity (Wildman–Crippen MR) is 74.7 cm³/mol. The number of nitrogens with zero attached hydrogens (tertiary/aromatic N) is 6. The Hall–Kier alpha value is -2.44. The van der Waals surface area contributed by atoms with Gasteiger partial charge in [-0.05, 0) is 19.3 Å². The van der Waals surface area contributed by atoms with Crippen molar-refractivity contribution < 1.29 is 0 Å². The van der Waals surface area contributed by atoms with Gasteiger partial charge in [-0.25, -0.2) is 15.0 Å². The van der Waals surface area contributed by atoms with E-state index < -0.39 is 0 Å². The van der Waals surface area contributed by atoms with Crippen molar-refractivity contribution in [2.75, 3.05) is 18.1 Å². The highest BCUT2D eigenvalue weighted by Crippen LogP contribution is 2.24. The van der Waals surface area contributed by atoms with Gasteiger partial charge in [0.15, 0.2) is 11.5 Å². The van der Waals surface area contributed by atoms with Gasteiger partial charge < -0.3 is 4.98 Å². The smallest absolute Gasteiger partial charge is 0.184 e. The number of aromatic nitrogens is 6. The Morgan fingerprint density at radius 3 is 2.80 bits per heavy atom. The summed E-state index contributed by atoms with van der Waals surface area (Å²) in [4.78, 5) is 17.8. The molecule has 1 saturated heterocycles. The maximum atomic E-state index is 4.70. The molecule has 3 aromatic heterocycles. The molecule has 4 heterocycles. The fourth-order valence-corrected chi connectivity index (χ4v) is 2.68. The molecule has 0 atom stereocenters. The average Bonchev–Trinajstić information content (AvgIpc) is 3.15. The summed E-state index contributed by atoms with van der Waals surface area (Å²) in [5, 5.41) is 7.87. The molecule has 20 heavy (non-hydrogen) atoms. The van der Waals surface area contributed by atoms with Crippen LogP contribution in [-0.4, -0.2) is 42.9 Å². The van der Waals surface area contributed by atoms with Crippen molar-refractivity contribution in [3.8, 4) is 11.5 Å². The van der Waals surface area contributed by atoms with E-state index in [0.717, 1.165) is 35.6 Å². The van der Waals surface area contributed by atoms with E-state index in [1.54, 1.807) is 24.9 Å². The molecule has 3 aromatic rings. The summed E-state index contributed by atoms with van der Waals surface area (Å²) in [6, 6.07) is 0.